The average molecular weight is 316 g/mol. The highest BCUT2D eigenvalue weighted by molar-refractivity contribution is 8.00. The quantitative estimate of drug-likeness (QED) is 0.623. The lowest BCUT2D eigenvalue weighted by Crippen LogP contribution is -2.12. The van der Waals surface area contributed by atoms with Crippen LogP contribution in [0.5, 0.6) is 0 Å². The molecule has 0 saturated heterocycles. The van der Waals surface area contributed by atoms with Crippen molar-refractivity contribution in [3.05, 3.63) is 34.9 Å². The first-order chi connectivity index (χ1) is 8.91. The van der Waals surface area contributed by atoms with E-state index in [-0.39, 0.29) is 16.9 Å². The highest BCUT2D eigenvalue weighted by Gasteiger charge is 2.37. The molecule has 1 aromatic rings. The zero-order chi connectivity index (χ0) is 15.7. The molecule has 1 aromatic carbocycles. The summed E-state index contributed by atoms with van der Waals surface area (Å²) >= 11 is 1.31. The lowest BCUT2D eigenvalue weighted by molar-refractivity contribution is -0.143. The van der Waals surface area contributed by atoms with Gasteiger partial charge in [0.25, 0.3) is 0 Å². The molecule has 0 aliphatic carbocycles. The van der Waals surface area contributed by atoms with Crippen LogP contribution in [0.1, 0.15) is 42.7 Å². The summed E-state index contributed by atoms with van der Waals surface area (Å²) in [6.45, 7) is 5.26. The van der Waals surface area contributed by atoms with Crippen LogP contribution in [0.3, 0.4) is 0 Å². The number of rotatable bonds is 3. The van der Waals surface area contributed by atoms with Crippen molar-refractivity contribution < 1.29 is 26.3 Å². The highest BCUT2D eigenvalue weighted by Crippen LogP contribution is 2.40. The third-order valence-electron chi connectivity index (χ3n) is 2.56. The van der Waals surface area contributed by atoms with Gasteiger partial charge in [-0.3, -0.25) is 0 Å². The molecular weight excluding hydrogens is 302 g/mol. The highest BCUT2D eigenvalue weighted by atomic mass is 32.2. The predicted octanol–water partition coefficient (Wildman–Crippen LogP) is 5.93. The Kier molecular flexibility index (Phi) is 5.05. The van der Waals surface area contributed by atoms with Crippen molar-refractivity contribution in [1.29, 1.82) is 0 Å². The van der Waals surface area contributed by atoms with Crippen molar-refractivity contribution in [2.45, 2.75) is 43.6 Å². The summed E-state index contributed by atoms with van der Waals surface area (Å²) in [6.07, 6.45) is -9.59. The molecule has 1 rings (SSSR count). The summed E-state index contributed by atoms with van der Waals surface area (Å²) in [5.74, 6) is 0. The Morgan fingerprint density at radius 2 is 1.20 bits per heavy atom. The van der Waals surface area contributed by atoms with Crippen LogP contribution in [-0.2, 0) is 12.4 Å². The van der Waals surface area contributed by atoms with E-state index in [0.717, 1.165) is 12.1 Å². The zero-order valence-electron chi connectivity index (χ0n) is 11.1. The fraction of sp³-hybridized carbons (Fsp3) is 0.538. The van der Waals surface area contributed by atoms with Gasteiger partial charge in [-0.15, -0.1) is 0 Å². The van der Waals surface area contributed by atoms with Gasteiger partial charge in [-0.25, -0.2) is 0 Å². The molecule has 0 bridgehead atoms. The van der Waals surface area contributed by atoms with Gasteiger partial charge in [0.1, 0.15) is 0 Å². The average Bonchev–Trinajstić information content (AvgIpc) is 2.25. The van der Waals surface area contributed by atoms with E-state index in [1.165, 1.54) is 11.8 Å². The van der Waals surface area contributed by atoms with Crippen LogP contribution in [0, 0.1) is 0 Å². The van der Waals surface area contributed by atoms with Gasteiger partial charge in [0.15, 0.2) is 0 Å². The Balaban J connectivity index is 3.31. The Morgan fingerprint density at radius 3 is 1.50 bits per heavy atom. The van der Waals surface area contributed by atoms with Crippen molar-refractivity contribution in [3.8, 4) is 0 Å². The molecule has 7 heteroatoms. The van der Waals surface area contributed by atoms with Gasteiger partial charge in [-0.2, -0.15) is 38.1 Å². The van der Waals surface area contributed by atoms with Crippen LogP contribution in [0.15, 0.2) is 18.2 Å². The van der Waals surface area contributed by atoms with E-state index in [0.29, 0.717) is 0 Å². The van der Waals surface area contributed by atoms with Gasteiger partial charge < -0.3 is 0 Å². The maximum absolute atomic E-state index is 12.7. The summed E-state index contributed by atoms with van der Waals surface area (Å²) in [5.41, 5.74) is -2.50. The molecule has 0 amide bonds. The molecule has 0 nitrogen and oxygen atoms in total. The maximum Gasteiger partial charge on any atom is 0.416 e. The second kappa shape index (κ2) is 5.87. The monoisotopic (exact) mass is 316 g/mol. The summed E-state index contributed by atoms with van der Waals surface area (Å²) in [6, 6.07) is 1.72. The first-order valence-electron chi connectivity index (χ1n) is 5.86. The van der Waals surface area contributed by atoms with Crippen LogP contribution < -0.4 is 0 Å². The number of halogens is 6. The van der Waals surface area contributed by atoms with Crippen molar-refractivity contribution in [1.82, 2.24) is 0 Å². The van der Waals surface area contributed by atoms with Crippen LogP contribution >= 0.6 is 11.8 Å². The molecule has 0 aromatic heterocycles. The molecule has 0 heterocycles. The fourth-order valence-corrected chi connectivity index (χ4v) is 2.81. The normalized spacial score (nSPS) is 14.7. The molecule has 114 valence electrons. The van der Waals surface area contributed by atoms with E-state index in [1.807, 2.05) is 13.8 Å². The molecule has 0 spiro atoms. The van der Waals surface area contributed by atoms with Gasteiger partial charge in [0.2, 0.25) is 0 Å². The number of thioether (sulfide) groups is 1. The van der Waals surface area contributed by atoms with E-state index < -0.39 is 28.7 Å². The van der Waals surface area contributed by atoms with Gasteiger partial charge in [0, 0.05) is 5.25 Å². The fourth-order valence-electron chi connectivity index (χ4n) is 1.70. The molecule has 20 heavy (non-hydrogen) atoms. The summed E-state index contributed by atoms with van der Waals surface area (Å²) in [5, 5.41) is -0.340. The molecule has 0 saturated carbocycles. The van der Waals surface area contributed by atoms with E-state index in [4.69, 9.17) is 0 Å². The summed E-state index contributed by atoms with van der Waals surface area (Å²) < 4.78 is 76.1. The molecule has 0 aliphatic heterocycles. The molecule has 1 unspecified atom stereocenters. The smallest absolute Gasteiger partial charge is 0.166 e. The molecular formula is C13H14F6S. The third-order valence-corrected chi connectivity index (χ3v) is 3.78. The Labute approximate surface area is 117 Å². The van der Waals surface area contributed by atoms with Gasteiger partial charge in [-0.05, 0) is 35.9 Å². The zero-order valence-corrected chi connectivity index (χ0v) is 11.9. The van der Waals surface area contributed by atoms with E-state index in [1.54, 1.807) is 6.92 Å². The van der Waals surface area contributed by atoms with Gasteiger partial charge in [-0.1, -0.05) is 13.8 Å². The number of hydrogen-bond donors (Lipinski definition) is 0. The number of alkyl halides is 6. The minimum atomic E-state index is -4.79. The lowest BCUT2D eigenvalue weighted by Gasteiger charge is -2.19. The third kappa shape index (κ3) is 4.61. The standard InChI is InChI=1S/C13H14F6S/c1-7(2)20-8(3)9-4-10(12(14,15)16)6-11(5-9)13(17,18)19/h4-8H,1-3H3. The Morgan fingerprint density at radius 1 is 0.800 bits per heavy atom. The van der Waals surface area contributed by atoms with Crippen LogP contribution in [0.25, 0.3) is 0 Å². The minimum absolute atomic E-state index is 0.0332. The van der Waals surface area contributed by atoms with Crippen LogP contribution in [0.2, 0.25) is 0 Å². The molecule has 0 radical (unpaired) electrons. The van der Waals surface area contributed by atoms with Crippen molar-refractivity contribution in [3.63, 3.8) is 0 Å². The van der Waals surface area contributed by atoms with Crippen molar-refractivity contribution in [2.24, 2.45) is 0 Å². The molecule has 1 atom stereocenters. The van der Waals surface area contributed by atoms with Gasteiger partial charge >= 0.3 is 12.4 Å². The number of hydrogen-bond acceptors (Lipinski definition) is 1. The van der Waals surface area contributed by atoms with Gasteiger partial charge in [0.05, 0.1) is 11.1 Å². The van der Waals surface area contributed by atoms with E-state index in [9.17, 15) is 26.3 Å². The SMILES string of the molecule is CC(C)SC(C)c1cc(C(F)(F)F)cc(C(F)(F)F)c1. The van der Waals surface area contributed by atoms with Crippen LogP contribution in [-0.4, -0.2) is 5.25 Å². The van der Waals surface area contributed by atoms with E-state index in [2.05, 4.69) is 0 Å². The summed E-state index contributed by atoms with van der Waals surface area (Å²) in [4.78, 5) is 0. The second-order valence-electron chi connectivity index (χ2n) is 4.67. The maximum atomic E-state index is 12.7. The molecule has 0 aliphatic rings. The Bertz CT molecular complexity index is 429. The summed E-state index contributed by atoms with van der Waals surface area (Å²) in [7, 11) is 0. The lowest BCUT2D eigenvalue weighted by atomic mass is 10.0. The first kappa shape index (κ1) is 17.2. The van der Waals surface area contributed by atoms with Crippen molar-refractivity contribution >= 4 is 11.8 Å². The van der Waals surface area contributed by atoms with E-state index >= 15 is 0 Å². The molecule has 0 fully saturated rings. The topological polar surface area (TPSA) is 0 Å². The van der Waals surface area contributed by atoms with Crippen molar-refractivity contribution in [2.75, 3.05) is 0 Å². The minimum Gasteiger partial charge on any atom is -0.166 e. The first-order valence-corrected chi connectivity index (χ1v) is 6.80. The number of benzene rings is 1. The molecule has 0 N–H and O–H groups in total. The Hall–Kier alpha value is -0.850. The second-order valence-corrected chi connectivity index (χ2v) is 6.59. The van der Waals surface area contributed by atoms with Crippen LogP contribution in [0.4, 0.5) is 26.3 Å². The largest absolute Gasteiger partial charge is 0.416 e. The predicted molar refractivity (Wildman–Crippen MR) is 67.6 cm³/mol.